The van der Waals surface area contributed by atoms with Gasteiger partial charge in [-0.3, -0.25) is 4.79 Å². The minimum Gasteiger partial charge on any atom is -0.360 e. The first-order chi connectivity index (χ1) is 14.0. The highest BCUT2D eigenvalue weighted by molar-refractivity contribution is 6.33. The fourth-order valence-electron chi connectivity index (χ4n) is 3.36. The molecule has 1 unspecified atom stereocenters. The van der Waals surface area contributed by atoms with Gasteiger partial charge in [0.15, 0.2) is 0 Å². The van der Waals surface area contributed by atoms with Crippen LogP contribution in [0.3, 0.4) is 0 Å². The largest absolute Gasteiger partial charge is 0.360 e. The number of aromatic nitrogens is 4. The molecule has 0 aliphatic carbocycles. The number of imidazole rings is 1. The van der Waals surface area contributed by atoms with Crippen LogP contribution in [0.2, 0.25) is 10.0 Å². The lowest BCUT2D eigenvalue weighted by Crippen LogP contribution is -2.35. The molecule has 9 nitrogen and oxygen atoms in total. The van der Waals surface area contributed by atoms with E-state index in [-0.39, 0.29) is 10.0 Å². The van der Waals surface area contributed by atoms with Crippen molar-refractivity contribution in [2.75, 3.05) is 11.4 Å². The number of fused-ring (bicyclic) bond motifs is 1. The van der Waals surface area contributed by atoms with Crippen molar-refractivity contribution in [3.8, 4) is 0 Å². The van der Waals surface area contributed by atoms with E-state index in [0.29, 0.717) is 42.4 Å². The van der Waals surface area contributed by atoms with Gasteiger partial charge in [0.05, 0.1) is 24.1 Å². The Morgan fingerprint density at radius 3 is 2.93 bits per heavy atom. The average molecular weight is 435 g/mol. The third-order valence-electron chi connectivity index (χ3n) is 4.71. The van der Waals surface area contributed by atoms with Gasteiger partial charge < -0.3 is 9.47 Å². The number of hydrogen-bond donors (Lipinski definition) is 1. The normalized spacial score (nSPS) is 14.2. The number of benzene rings is 1. The second-order valence-electron chi connectivity index (χ2n) is 6.34. The fraction of sp³-hybridized carbons (Fsp3) is 0.235. The van der Waals surface area contributed by atoms with Gasteiger partial charge >= 0.3 is 0 Å². The number of rotatable bonds is 4. The molecule has 0 spiro atoms. The number of nitrogens with one attached hydrogen (secondary N) is 1. The lowest BCUT2D eigenvalue weighted by molar-refractivity contribution is 0.533. The zero-order chi connectivity index (χ0) is 20.5. The molecule has 0 saturated carbocycles. The zero-order valence-electron chi connectivity index (χ0n) is 14.8. The van der Waals surface area contributed by atoms with E-state index in [1.807, 2.05) is 9.47 Å². The smallest absolute Gasteiger partial charge is 0.285 e. The highest BCUT2D eigenvalue weighted by Gasteiger charge is 2.27. The van der Waals surface area contributed by atoms with E-state index in [1.54, 1.807) is 6.20 Å². The number of halogens is 3. The van der Waals surface area contributed by atoms with Crippen molar-refractivity contribution < 1.29 is 4.39 Å². The Labute approximate surface area is 173 Å². The first kappa shape index (κ1) is 19.3. The molecule has 12 heteroatoms. The molecule has 0 bridgehead atoms. The van der Waals surface area contributed by atoms with Crippen molar-refractivity contribution >= 4 is 28.9 Å². The average Bonchev–Trinajstić information content (AvgIpc) is 3.13. The van der Waals surface area contributed by atoms with Crippen LogP contribution in [0.5, 0.6) is 0 Å². The summed E-state index contributed by atoms with van der Waals surface area (Å²) in [5, 5.41) is 10.3. The topological polar surface area (TPSA) is 116 Å². The minimum atomic E-state index is -0.833. The quantitative estimate of drug-likeness (QED) is 0.381. The highest BCUT2D eigenvalue weighted by Crippen LogP contribution is 2.34. The molecule has 1 atom stereocenters. The number of azide groups is 1. The van der Waals surface area contributed by atoms with Crippen LogP contribution in [0.25, 0.3) is 10.4 Å². The summed E-state index contributed by atoms with van der Waals surface area (Å²) in [6.45, 7) is 1.37. The third-order valence-corrected chi connectivity index (χ3v) is 5.42. The van der Waals surface area contributed by atoms with Crippen LogP contribution in [0.1, 0.15) is 23.1 Å². The van der Waals surface area contributed by atoms with Crippen molar-refractivity contribution in [2.24, 2.45) is 5.11 Å². The van der Waals surface area contributed by atoms with Gasteiger partial charge in [0, 0.05) is 29.2 Å². The van der Waals surface area contributed by atoms with Crippen molar-refractivity contribution in [3.63, 3.8) is 0 Å². The van der Waals surface area contributed by atoms with Gasteiger partial charge in [0.1, 0.15) is 22.7 Å². The van der Waals surface area contributed by atoms with Gasteiger partial charge in [0.2, 0.25) is 0 Å². The molecule has 0 radical (unpaired) electrons. The first-order valence-electron chi connectivity index (χ1n) is 8.51. The SMILES string of the molecule is [N-]=[N+]=NC(c1cc(F)ccc1Cl)c1cnc2n1CCN(c1cn[nH]c(=O)c1Cl)C2. The lowest BCUT2D eigenvalue weighted by atomic mass is 10.0. The van der Waals surface area contributed by atoms with Gasteiger partial charge in [-0.1, -0.05) is 28.3 Å². The first-order valence-corrected chi connectivity index (χ1v) is 9.26. The molecule has 1 aromatic carbocycles. The molecular weight excluding hydrogens is 422 g/mol. The van der Waals surface area contributed by atoms with Gasteiger partial charge in [-0.2, -0.15) is 5.10 Å². The molecule has 3 aromatic rings. The van der Waals surface area contributed by atoms with Crippen LogP contribution >= 0.6 is 23.2 Å². The molecule has 1 aliphatic heterocycles. The predicted molar refractivity (Wildman–Crippen MR) is 106 cm³/mol. The van der Waals surface area contributed by atoms with E-state index in [9.17, 15) is 9.18 Å². The van der Waals surface area contributed by atoms with E-state index in [4.69, 9.17) is 28.7 Å². The van der Waals surface area contributed by atoms with Crippen molar-refractivity contribution in [1.82, 2.24) is 19.7 Å². The fourth-order valence-corrected chi connectivity index (χ4v) is 3.79. The maximum atomic E-state index is 13.8. The third kappa shape index (κ3) is 3.53. The van der Waals surface area contributed by atoms with Gasteiger partial charge in [0.25, 0.3) is 5.56 Å². The number of anilines is 1. The molecule has 4 rings (SSSR count). The van der Waals surface area contributed by atoms with Gasteiger partial charge in [-0.15, -0.1) is 0 Å². The summed E-state index contributed by atoms with van der Waals surface area (Å²) in [7, 11) is 0. The van der Waals surface area contributed by atoms with E-state index in [1.165, 1.54) is 24.4 Å². The summed E-state index contributed by atoms with van der Waals surface area (Å²) >= 11 is 12.3. The summed E-state index contributed by atoms with van der Waals surface area (Å²) in [5.74, 6) is 0.191. The van der Waals surface area contributed by atoms with E-state index >= 15 is 0 Å². The standard InChI is InChI=1S/C17H13Cl2FN8O/c18-11-2-1-9(20)5-10(11)16(24-26-21)13-6-22-14-8-27(3-4-28(13)14)12-7-23-25-17(29)15(12)19/h1-2,5-7,16H,3-4,8H2,(H,25,29). The van der Waals surface area contributed by atoms with E-state index in [0.717, 1.165) is 0 Å². The molecule has 3 heterocycles. The number of aromatic amines is 1. The Morgan fingerprint density at radius 2 is 2.14 bits per heavy atom. The monoisotopic (exact) mass is 434 g/mol. The van der Waals surface area contributed by atoms with Gasteiger partial charge in [-0.05, 0) is 29.3 Å². The van der Waals surface area contributed by atoms with Crippen LogP contribution in [0, 0.1) is 5.82 Å². The van der Waals surface area contributed by atoms with Crippen molar-refractivity contribution in [3.05, 3.63) is 84.3 Å². The Bertz CT molecular complexity index is 1190. The molecule has 0 saturated heterocycles. The van der Waals surface area contributed by atoms with Crippen molar-refractivity contribution in [1.29, 1.82) is 0 Å². The van der Waals surface area contributed by atoms with Crippen molar-refractivity contribution in [2.45, 2.75) is 19.1 Å². The molecule has 1 N–H and O–H groups in total. The zero-order valence-corrected chi connectivity index (χ0v) is 16.3. The van der Waals surface area contributed by atoms with E-state index in [2.05, 4.69) is 25.2 Å². The molecular formula is C17H13Cl2FN8O. The molecule has 0 amide bonds. The maximum Gasteiger partial charge on any atom is 0.285 e. The molecule has 1 aliphatic rings. The summed E-state index contributed by atoms with van der Waals surface area (Å²) in [5.41, 5.74) is 10.0. The number of nitrogens with zero attached hydrogens (tertiary/aromatic N) is 7. The van der Waals surface area contributed by atoms with Crippen LogP contribution in [-0.4, -0.2) is 26.3 Å². The molecule has 29 heavy (non-hydrogen) atoms. The Balaban J connectivity index is 1.71. The van der Waals surface area contributed by atoms with Crippen LogP contribution in [-0.2, 0) is 13.1 Å². The second kappa shape index (κ2) is 7.75. The van der Waals surface area contributed by atoms with Gasteiger partial charge in [-0.25, -0.2) is 14.5 Å². The van der Waals surface area contributed by atoms with E-state index < -0.39 is 17.4 Å². The summed E-state index contributed by atoms with van der Waals surface area (Å²) in [6.07, 6.45) is 3.07. The molecule has 148 valence electrons. The molecule has 0 fully saturated rings. The Kier molecular flexibility index (Phi) is 5.14. The Hall–Kier alpha value is -3.07. The molecule has 2 aromatic heterocycles. The summed E-state index contributed by atoms with van der Waals surface area (Å²) in [4.78, 5) is 20.9. The predicted octanol–water partition coefficient (Wildman–Crippen LogP) is 3.83. The van der Waals surface area contributed by atoms with Crippen LogP contribution < -0.4 is 10.5 Å². The summed E-state index contributed by atoms with van der Waals surface area (Å²) < 4.78 is 15.7. The van der Waals surface area contributed by atoms with Crippen LogP contribution in [0.4, 0.5) is 10.1 Å². The lowest BCUT2D eigenvalue weighted by Gasteiger charge is -2.31. The maximum absolute atomic E-state index is 13.8. The number of hydrogen-bond acceptors (Lipinski definition) is 5. The Morgan fingerprint density at radius 1 is 1.31 bits per heavy atom. The van der Waals surface area contributed by atoms with Crippen LogP contribution in [0.15, 0.2) is 40.5 Å². The number of H-pyrrole nitrogens is 1. The summed E-state index contributed by atoms with van der Waals surface area (Å²) in [6, 6.07) is 3.07. The minimum absolute atomic E-state index is 0.0544. The second-order valence-corrected chi connectivity index (χ2v) is 7.13. The highest BCUT2D eigenvalue weighted by atomic mass is 35.5.